The molecule has 5 nitrogen and oxygen atoms in total. The minimum absolute atomic E-state index is 0.133. The van der Waals surface area contributed by atoms with Gasteiger partial charge in [-0.2, -0.15) is 0 Å². The van der Waals surface area contributed by atoms with Crippen molar-refractivity contribution < 1.29 is 18.9 Å². The summed E-state index contributed by atoms with van der Waals surface area (Å²) in [6.07, 6.45) is -0.358. The summed E-state index contributed by atoms with van der Waals surface area (Å²) in [5.41, 5.74) is 3.23. The molecule has 0 unspecified atom stereocenters. The van der Waals surface area contributed by atoms with Gasteiger partial charge in [0.05, 0.1) is 23.1 Å². The molecule has 2 rings (SSSR count). The van der Waals surface area contributed by atoms with E-state index in [1.165, 1.54) is 16.9 Å². The van der Waals surface area contributed by atoms with Crippen LogP contribution in [0.4, 0.5) is 0 Å². The van der Waals surface area contributed by atoms with Gasteiger partial charge in [-0.25, -0.2) is 4.98 Å². The van der Waals surface area contributed by atoms with Crippen LogP contribution in [0.3, 0.4) is 0 Å². The van der Waals surface area contributed by atoms with Gasteiger partial charge in [-0.15, -0.1) is 11.3 Å². The number of hydrogen-bond acceptors (Lipinski definition) is 6. The lowest BCUT2D eigenvalue weighted by molar-refractivity contribution is -0.141. The number of hydrogen-bond donors (Lipinski definition) is 1. The first kappa shape index (κ1) is 14.8. The van der Waals surface area contributed by atoms with Crippen molar-refractivity contribution in [2.45, 2.75) is 31.0 Å². The lowest BCUT2D eigenvalue weighted by atomic mass is 10.1. The number of carbonyl (C=O) groups is 2. The van der Waals surface area contributed by atoms with Gasteiger partial charge < -0.3 is 9.29 Å². The zero-order chi connectivity index (χ0) is 14.7. The minimum atomic E-state index is -1.02. The van der Waals surface area contributed by atoms with Crippen LogP contribution >= 0.6 is 23.4 Å². The smallest absolute Gasteiger partial charge is 0.318 e. The van der Waals surface area contributed by atoms with Crippen molar-refractivity contribution in [2.75, 3.05) is 0 Å². The molecular weight excluding hydrogens is 298 g/mol. The van der Waals surface area contributed by atoms with E-state index in [9.17, 15) is 9.59 Å². The Morgan fingerprint density at radius 1 is 1.30 bits per heavy atom. The minimum Gasteiger partial charge on any atom is -0.481 e. The number of carbonyl (C=O) groups excluding carboxylic acids is 1. The fraction of sp³-hybridized carbons (Fsp3) is 0.308. The van der Waals surface area contributed by atoms with E-state index in [-0.39, 0.29) is 12.8 Å². The largest absolute Gasteiger partial charge is 0.481 e. The summed E-state index contributed by atoms with van der Waals surface area (Å²) >= 11 is 2.33. The Bertz CT molecular complexity index is 627. The zero-order valence-corrected chi connectivity index (χ0v) is 12.6. The van der Waals surface area contributed by atoms with Crippen molar-refractivity contribution in [1.82, 2.24) is 4.98 Å². The van der Waals surface area contributed by atoms with E-state index in [1.54, 1.807) is 0 Å². The quantitative estimate of drug-likeness (QED) is 0.854. The molecule has 0 aliphatic heterocycles. The lowest BCUT2D eigenvalue weighted by Gasteiger charge is -1.97. The summed E-state index contributed by atoms with van der Waals surface area (Å²) in [4.78, 5) is 26.0. The molecule has 1 heterocycles. The number of carboxylic acid groups (broad SMARTS) is 1. The Hall–Kier alpha value is -1.60. The summed E-state index contributed by atoms with van der Waals surface area (Å²) in [6.45, 7) is 4.06. The summed E-state index contributed by atoms with van der Waals surface area (Å²) in [6, 6.07) is 4.05. The second-order valence-corrected chi connectivity index (χ2v) is 6.33. The number of thiazole rings is 1. The van der Waals surface area contributed by atoms with E-state index < -0.39 is 11.9 Å². The number of aromatic nitrogens is 1. The number of rotatable bonds is 5. The predicted molar refractivity (Wildman–Crippen MR) is 77.9 cm³/mol. The maximum Gasteiger partial charge on any atom is 0.318 e. The Balaban J connectivity index is 2.00. The van der Waals surface area contributed by atoms with Crippen LogP contribution in [0.25, 0.3) is 10.2 Å². The molecule has 0 aliphatic rings. The fourth-order valence-corrected chi connectivity index (χ4v) is 3.19. The number of aryl methyl sites for hydroxylation is 2. The van der Waals surface area contributed by atoms with Crippen molar-refractivity contribution in [3.05, 3.63) is 23.3 Å². The van der Waals surface area contributed by atoms with Gasteiger partial charge in [0, 0.05) is 0 Å². The molecule has 0 fully saturated rings. The highest BCUT2D eigenvalue weighted by Gasteiger charge is 2.11. The first-order chi connectivity index (χ1) is 9.45. The molecule has 0 spiro atoms. The van der Waals surface area contributed by atoms with E-state index >= 15 is 0 Å². The molecule has 1 aromatic heterocycles. The van der Waals surface area contributed by atoms with Crippen molar-refractivity contribution >= 4 is 45.5 Å². The molecular formula is C13H13NO4S2. The van der Waals surface area contributed by atoms with Crippen LogP contribution in [0.15, 0.2) is 16.5 Å². The molecule has 0 amide bonds. The third-order valence-corrected chi connectivity index (χ3v) is 4.50. The lowest BCUT2D eigenvalue weighted by Crippen LogP contribution is -2.03. The summed E-state index contributed by atoms with van der Waals surface area (Å²) in [7, 11) is 0. The molecule has 0 saturated heterocycles. The maximum atomic E-state index is 11.3. The average Bonchev–Trinajstić information content (AvgIpc) is 2.76. The van der Waals surface area contributed by atoms with Crippen LogP contribution in [0.2, 0.25) is 0 Å². The fourth-order valence-electron chi connectivity index (χ4n) is 1.53. The van der Waals surface area contributed by atoms with Gasteiger partial charge in [0.2, 0.25) is 0 Å². The van der Waals surface area contributed by atoms with E-state index in [1.807, 2.05) is 19.9 Å². The second kappa shape index (κ2) is 6.23. The average molecular weight is 311 g/mol. The number of carboxylic acids is 1. The number of fused-ring (bicyclic) bond motifs is 1. The highest BCUT2D eigenvalue weighted by Crippen LogP contribution is 2.31. The first-order valence-corrected chi connectivity index (χ1v) is 7.48. The van der Waals surface area contributed by atoms with Crippen molar-refractivity contribution in [3.8, 4) is 0 Å². The van der Waals surface area contributed by atoms with E-state index in [0.29, 0.717) is 4.34 Å². The Kier molecular flexibility index (Phi) is 4.61. The van der Waals surface area contributed by atoms with Crippen LogP contribution in [0, 0.1) is 13.8 Å². The van der Waals surface area contributed by atoms with Gasteiger partial charge in [0.15, 0.2) is 4.34 Å². The van der Waals surface area contributed by atoms with Crippen LogP contribution in [0.1, 0.15) is 24.0 Å². The second-order valence-electron chi connectivity index (χ2n) is 4.32. The number of benzene rings is 1. The van der Waals surface area contributed by atoms with Gasteiger partial charge in [-0.05, 0) is 37.1 Å². The van der Waals surface area contributed by atoms with Crippen molar-refractivity contribution in [3.63, 3.8) is 0 Å². The molecule has 0 bridgehead atoms. The summed E-state index contributed by atoms with van der Waals surface area (Å²) < 4.78 is 6.60. The molecule has 20 heavy (non-hydrogen) atoms. The monoisotopic (exact) mass is 311 g/mol. The number of nitrogens with zero attached hydrogens (tertiary/aromatic N) is 1. The zero-order valence-electron chi connectivity index (χ0n) is 11.0. The Labute approximate surface area is 124 Å². The van der Waals surface area contributed by atoms with Crippen LogP contribution in [0.5, 0.6) is 0 Å². The van der Waals surface area contributed by atoms with Crippen LogP contribution < -0.4 is 0 Å². The number of aliphatic carboxylic acids is 1. The topological polar surface area (TPSA) is 76.5 Å². The van der Waals surface area contributed by atoms with Crippen LogP contribution in [-0.4, -0.2) is 22.0 Å². The molecule has 7 heteroatoms. The third-order valence-electron chi connectivity index (χ3n) is 2.73. The molecule has 0 radical (unpaired) electrons. The molecule has 106 valence electrons. The summed E-state index contributed by atoms with van der Waals surface area (Å²) in [5.74, 6) is -1.57. The van der Waals surface area contributed by atoms with E-state index in [2.05, 4.69) is 11.1 Å². The molecule has 0 aliphatic carbocycles. The van der Waals surface area contributed by atoms with Gasteiger partial charge in [0.25, 0.3) is 0 Å². The molecule has 0 saturated carbocycles. The molecule has 0 atom stereocenters. The van der Waals surface area contributed by atoms with Crippen molar-refractivity contribution in [1.29, 1.82) is 0 Å². The molecule has 1 aromatic carbocycles. The van der Waals surface area contributed by atoms with Gasteiger partial charge in [-0.1, -0.05) is 0 Å². The van der Waals surface area contributed by atoms with Gasteiger partial charge >= 0.3 is 11.9 Å². The standard InChI is InChI=1S/C13H13NO4S2/c1-7-5-9-10(6-8(7)2)19-13(14-9)20-18-12(17)4-3-11(15)16/h5-6H,3-4H2,1-2H3,(H,15,16). The van der Waals surface area contributed by atoms with E-state index in [4.69, 9.17) is 9.29 Å². The van der Waals surface area contributed by atoms with Gasteiger partial charge in [-0.3, -0.25) is 9.59 Å². The Morgan fingerprint density at radius 2 is 2.00 bits per heavy atom. The molecule has 1 N–H and O–H groups in total. The molecule has 2 aromatic rings. The first-order valence-electron chi connectivity index (χ1n) is 5.92. The third kappa shape index (κ3) is 3.71. The van der Waals surface area contributed by atoms with Crippen molar-refractivity contribution in [2.24, 2.45) is 0 Å². The van der Waals surface area contributed by atoms with Crippen LogP contribution in [-0.2, 0) is 13.8 Å². The highest BCUT2D eigenvalue weighted by molar-refractivity contribution is 7.97. The SMILES string of the molecule is Cc1cc2nc(SOC(=O)CCC(=O)O)sc2cc1C. The summed E-state index contributed by atoms with van der Waals surface area (Å²) in [5, 5.41) is 8.47. The highest BCUT2D eigenvalue weighted by atomic mass is 32.2. The maximum absolute atomic E-state index is 11.3. The predicted octanol–water partition coefficient (Wildman–Crippen LogP) is 3.33. The van der Waals surface area contributed by atoms with Gasteiger partial charge in [0.1, 0.15) is 12.0 Å². The normalized spacial score (nSPS) is 10.7. The Morgan fingerprint density at radius 3 is 2.70 bits per heavy atom. The van der Waals surface area contributed by atoms with E-state index in [0.717, 1.165) is 27.8 Å².